The third-order valence-corrected chi connectivity index (χ3v) is 4.19. The molecule has 0 unspecified atom stereocenters. The molecule has 1 aliphatic heterocycles. The molecule has 0 aliphatic carbocycles. The van der Waals surface area contributed by atoms with E-state index in [1.54, 1.807) is 24.1 Å². The third-order valence-electron chi connectivity index (χ3n) is 4.19. The predicted molar refractivity (Wildman–Crippen MR) is 81.6 cm³/mol. The highest BCUT2D eigenvalue weighted by atomic mass is 16.6. The Bertz CT molecular complexity index is 537. The molecule has 1 saturated heterocycles. The highest BCUT2D eigenvalue weighted by Crippen LogP contribution is 2.27. The molecule has 114 valence electrons. The van der Waals surface area contributed by atoms with Gasteiger partial charge < -0.3 is 10.2 Å². The lowest BCUT2D eigenvalue weighted by Gasteiger charge is -2.31. The Hall–Kier alpha value is -2.11. The number of nitrogens with one attached hydrogen (secondary N) is 1. The van der Waals surface area contributed by atoms with Crippen molar-refractivity contribution in [2.75, 3.05) is 25.5 Å². The zero-order valence-electron chi connectivity index (χ0n) is 12.5. The van der Waals surface area contributed by atoms with Crippen molar-refractivity contribution >= 4 is 17.3 Å². The molecule has 1 aromatic carbocycles. The number of anilines is 1. The first-order chi connectivity index (χ1) is 10.1. The second-order valence-electron chi connectivity index (χ2n) is 5.38. The summed E-state index contributed by atoms with van der Waals surface area (Å²) in [6, 6.07) is 4.59. The van der Waals surface area contributed by atoms with Gasteiger partial charge in [-0.1, -0.05) is 13.3 Å². The Labute approximate surface area is 124 Å². The number of carbonyl (C=O) groups is 1. The Kier molecular flexibility index (Phi) is 4.77. The highest BCUT2D eigenvalue weighted by molar-refractivity contribution is 5.95. The van der Waals surface area contributed by atoms with Crippen LogP contribution in [0.2, 0.25) is 0 Å². The monoisotopic (exact) mass is 291 g/mol. The van der Waals surface area contributed by atoms with E-state index in [9.17, 15) is 14.9 Å². The van der Waals surface area contributed by atoms with Crippen LogP contribution in [0.15, 0.2) is 18.2 Å². The Morgan fingerprint density at radius 1 is 1.43 bits per heavy atom. The Morgan fingerprint density at radius 2 is 2.10 bits per heavy atom. The van der Waals surface area contributed by atoms with Crippen LogP contribution in [0.5, 0.6) is 0 Å². The lowest BCUT2D eigenvalue weighted by molar-refractivity contribution is -0.384. The van der Waals surface area contributed by atoms with E-state index >= 15 is 0 Å². The maximum Gasteiger partial charge on any atom is 0.293 e. The number of nitro benzene ring substituents is 1. The topological polar surface area (TPSA) is 75.5 Å². The summed E-state index contributed by atoms with van der Waals surface area (Å²) in [7, 11) is 1.62. The normalized spacial score (nSPS) is 15.8. The predicted octanol–water partition coefficient (Wildman–Crippen LogP) is 2.90. The molecule has 1 amide bonds. The van der Waals surface area contributed by atoms with E-state index in [0.717, 1.165) is 32.4 Å². The molecule has 0 atom stereocenters. The van der Waals surface area contributed by atoms with Gasteiger partial charge in [-0.15, -0.1) is 0 Å². The summed E-state index contributed by atoms with van der Waals surface area (Å²) >= 11 is 0. The van der Waals surface area contributed by atoms with Crippen LogP contribution in [0, 0.1) is 16.0 Å². The Balaban J connectivity index is 2.16. The van der Waals surface area contributed by atoms with Crippen LogP contribution in [0.3, 0.4) is 0 Å². The van der Waals surface area contributed by atoms with Crippen molar-refractivity contribution in [3.05, 3.63) is 33.9 Å². The van der Waals surface area contributed by atoms with E-state index in [2.05, 4.69) is 12.2 Å². The first kappa shape index (κ1) is 15.3. The highest BCUT2D eigenvalue weighted by Gasteiger charge is 2.24. The minimum absolute atomic E-state index is 0.0632. The fourth-order valence-corrected chi connectivity index (χ4v) is 2.75. The van der Waals surface area contributed by atoms with Crippen LogP contribution < -0.4 is 5.32 Å². The van der Waals surface area contributed by atoms with Gasteiger partial charge in [0.25, 0.3) is 11.6 Å². The molecule has 6 nitrogen and oxygen atoms in total. The molecule has 0 spiro atoms. The van der Waals surface area contributed by atoms with Crippen molar-refractivity contribution in [1.29, 1.82) is 0 Å². The molecule has 0 radical (unpaired) electrons. The molecule has 1 N–H and O–H groups in total. The lowest BCUT2D eigenvalue weighted by Crippen LogP contribution is -2.38. The number of nitrogens with zero attached hydrogens (tertiary/aromatic N) is 2. The minimum atomic E-state index is -0.466. The average Bonchev–Trinajstić information content (AvgIpc) is 2.53. The fraction of sp³-hybridized carbons (Fsp3) is 0.533. The van der Waals surface area contributed by atoms with Crippen LogP contribution in [0.4, 0.5) is 11.4 Å². The number of rotatable bonds is 4. The van der Waals surface area contributed by atoms with E-state index in [1.165, 1.54) is 6.07 Å². The lowest BCUT2D eigenvalue weighted by atomic mass is 9.94. The van der Waals surface area contributed by atoms with Gasteiger partial charge in [0, 0.05) is 31.8 Å². The number of hydrogen-bond donors (Lipinski definition) is 1. The third kappa shape index (κ3) is 3.32. The van der Waals surface area contributed by atoms with Crippen LogP contribution in [-0.2, 0) is 0 Å². The molecule has 21 heavy (non-hydrogen) atoms. The number of piperidine rings is 1. The molecule has 1 fully saturated rings. The summed E-state index contributed by atoms with van der Waals surface area (Å²) in [6.07, 6.45) is 3.17. The van der Waals surface area contributed by atoms with E-state index in [1.807, 2.05) is 0 Å². The van der Waals surface area contributed by atoms with Gasteiger partial charge in [0.2, 0.25) is 0 Å². The first-order valence-corrected chi connectivity index (χ1v) is 7.32. The van der Waals surface area contributed by atoms with Gasteiger partial charge in [0.15, 0.2) is 0 Å². The van der Waals surface area contributed by atoms with Crippen molar-refractivity contribution in [3.63, 3.8) is 0 Å². The largest absolute Gasteiger partial charge is 0.383 e. The summed E-state index contributed by atoms with van der Waals surface area (Å²) in [4.78, 5) is 24.8. The first-order valence-electron chi connectivity index (χ1n) is 7.32. The standard InChI is InChI=1S/C15H21N3O3/c1-3-11-6-8-17(9-7-11)15(19)12-4-5-13(16-2)14(10-12)18(20)21/h4-5,10-11,16H,3,6-9H2,1-2H3. The quantitative estimate of drug-likeness (QED) is 0.683. The van der Waals surface area contributed by atoms with E-state index < -0.39 is 4.92 Å². The number of likely N-dealkylation sites (tertiary alicyclic amines) is 1. The van der Waals surface area contributed by atoms with Crippen LogP contribution in [0.1, 0.15) is 36.5 Å². The van der Waals surface area contributed by atoms with Crippen LogP contribution >= 0.6 is 0 Å². The van der Waals surface area contributed by atoms with Crippen molar-refractivity contribution in [1.82, 2.24) is 4.90 Å². The summed E-state index contributed by atoms with van der Waals surface area (Å²) < 4.78 is 0. The van der Waals surface area contributed by atoms with Crippen LogP contribution in [0.25, 0.3) is 0 Å². The van der Waals surface area contributed by atoms with Gasteiger partial charge in [-0.2, -0.15) is 0 Å². The second-order valence-corrected chi connectivity index (χ2v) is 5.38. The van der Waals surface area contributed by atoms with Gasteiger partial charge in [-0.25, -0.2) is 0 Å². The van der Waals surface area contributed by atoms with Gasteiger partial charge >= 0.3 is 0 Å². The second kappa shape index (κ2) is 6.56. The van der Waals surface area contributed by atoms with Gasteiger partial charge in [-0.05, 0) is 30.9 Å². The molecule has 0 bridgehead atoms. The fourth-order valence-electron chi connectivity index (χ4n) is 2.75. The maximum atomic E-state index is 12.5. The van der Waals surface area contributed by atoms with E-state index in [4.69, 9.17) is 0 Å². The van der Waals surface area contributed by atoms with Crippen molar-refractivity contribution < 1.29 is 9.72 Å². The Morgan fingerprint density at radius 3 is 2.62 bits per heavy atom. The molecule has 1 aliphatic rings. The van der Waals surface area contributed by atoms with Crippen molar-refractivity contribution in [2.24, 2.45) is 5.92 Å². The van der Waals surface area contributed by atoms with Gasteiger partial charge in [-0.3, -0.25) is 14.9 Å². The summed E-state index contributed by atoms with van der Waals surface area (Å²) in [6.45, 7) is 3.64. The molecule has 0 aromatic heterocycles. The maximum absolute atomic E-state index is 12.5. The minimum Gasteiger partial charge on any atom is -0.383 e. The molecule has 0 saturated carbocycles. The molecular formula is C15H21N3O3. The van der Waals surface area contributed by atoms with Crippen molar-refractivity contribution in [3.8, 4) is 0 Å². The average molecular weight is 291 g/mol. The molecule has 6 heteroatoms. The van der Waals surface area contributed by atoms with E-state index in [0.29, 0.717) is 17.2 Å². The molecule has 2 rings (SSSR count). The number of nitro groups is 1. The summed E-state index contributed by atoms with van der Waals surface area (Å²) in [5, 5.41) is 13.8. The number of benzene rings is 1. The molecular weight excluding hydrogens is 270 g/mol. The number of carbonyl (C=O) groups excluding carboxylic acids is 1. The SMILES string of the molecule is CCC1CCN(C(=O)c2ccc(NC)c([N+](=O)[O-])c2)CC1. The zero-order chi connectivity index (χ0) is 15.4. The molecule has 1 heterocycles. The smallest absolute Gasteiger partial charge is 0.293 e. The van der Waals surface area contributed by atoms with Gasteiger partial charge in [0.1, 0.15) is 5.69 Å². The van der Waals surface area contributed by atoms with Crippen LogP contribution in [-0.4, -0.2) is 35.9 Å². The zero-order valence-corrected chi connectivity index (χ0v) is 12.5. The van der Waals surface area contributed by atoms with Gasteiger partial charge in [0.05, 0.1) is 4.92 Å². The number of hydrogen-bond acceptors (Lipinski definition) is 4. The van der Waals surface area contributed by atoms with E-state index in [-0.39, 0.29) is 11.6 Å². The van der Waals surface area contributed by atoms with Crippen molar-refractivity contribution in [2.45, 2.75) is 26.2 Å². The number of amides is 1. The summed E-state index contributed by atoms with van der Waals surface area (Å²) in [5.41, 5.74) is 0.740. The summed E-state index contributed by atoms with van der Waals surface area (Å²) in [5.74, 6) is 0.574. The molecule has 1 aromatic rings.